The molecule has 3 heteroatoms. The fourth-order valence-electron chi connectivity index (χ4n) is 2.82. The van der Waals surface area contributed by atoms with E-state index in [1.807, 2.05) is 0 Å². The second kappa shape index (κ2) is 7.28. The minimum absolute atomic E-state index is 0.240. The molecule has 1 heterocycles. The van der Waals surface area contributed by atoms with Gasteiger partial charge in [-0.05, 0) is 64.9 Å². The van der Waals surface area contributed by atoms with Gasteiger partial charge in [-0.15, -0.1) is 0 Å². The Labute approximate surface area is 130 Å². The number of benzene rings is 1. The highest BCUT2D eigenvalue weighted by molar-refractivity contribution is 5.48. The van der Waals surface area contributed by atoms with Crippen molar-refractivity contribution in [2.75, 3.05) is 44.2 Å². The highest BCUT2D eigenvalue weighted by Gasteiger charge is 2.17. The van der Waals surface area contributed by atoms with E-state index in [-0.39, 0.29) is 5.54 Å². The van der Waals surface area contributed by atoms with Crippen LogP contribution in [-0.2, 0) is 0 Å². The number of piperazine rings is 1. The van der Waals surface area contributed by atoms with Crippen LogP contribution in [0, 0.1) is 6.92 Å². The van der Waals surface area contributed by atoms with Crippen molar-refractivity contribution in [3.8, 4) is 0 Å². The minimum atomic E-state index is 0.240. The van der Waals surface area contributed by atoms with Gasteiger partial charge in [-0.3, -0.25) is 4.90 Å². The third-order valence-electron chi connectivity index (χ3n) is 4.05. The molecule has 3 nitrogen and oxygen atoms in total. The molecule has 0 amide bonds. The molecule has 2 rings (SSSR count). The van der Waals surface area contributed by atoms with E-state index in [0.717, 1.165) is 19.6 Å². The van der Waals surface area contributed by atoms with E-state index < -0.39 is 0 Å². The number of rotatable bonds is 5. The van der Waals surface area contributed by atoms with Crippen molar-refractivity contribution in [3.63, 3.8) is 0 Å². The Morgan fingerprint density at radius 1 is 1.10 bits per heavy atom. The molecule has 0 unspecified atom stereocenters. The van der Waals surface area contributed by atoms with Crippen LogP contribution < -0.4 is 10.2 Å². The summed E-state index contributed by atoms with van der Waals surface area (Å²) >= 11 is 0. The van der Waals surface area contributed by atoms with E-state index in [1.54, 1.807) is 0 Å². The standard InChI is InChI=1S/C18H31N3/c1-16-7-5-8-17(15-16)21-13-11-20(12-14-21)10-6-9-19-18(2,3)4/h5,7-8,15,19H,6,9-14H2,1-4H3. The lowest BCUT2D eigenvalue weighted by Gasteiger charge is -2.36. The van der Waals surface area contributed by atoms with Crippen molar-refractivity contribution in [2.24, 2.45) is 0 Å². The molecular formula is C18H31N3. The number of nitrogens with one attached hydrogen (secondary N) is 1. The van der Waals surface area contributed by atoms with Gasteiger partial charge in [-0.2, -0.15) is 0 Å². The van der Waals surface area contributed by atoms with Gasteiger partial charge in [-0.25, -0.2) is 0 Å². The van der Waals surface area contributed by atoms with Crippen LogP contribution in [0.1, 0.15) is 32.8 Å². The molecule has 0 atom stereocenters. The third kappa shape index (κ3) is 5.68. The molecule has 118 valence electrons. The van der Waals surface area contributed by atoms with Gasteiger partial charge in [0.25, 0.3) is 0 Å². The maximum Gasteiger partial charge on any atom is 0.0369 e. The zero-order chi connectivity index (χ0) is 15.3. The molecule has 21 heavy (non-hydrogen) atoms. The Bertz CT molecular complexity index is 428. The van der Waals surface area contributed by atoms with E-state index in [2.05, 4.69) is 67.1 Å². The number of hydrogen-bond acceptors (Lipinski definition) is 3. The van der Waals surface area contributed by atoms with Crippen molar-refractivity contribution in [1.82, 2.24) is 10.2 Å². The molecule has 0 aromatic heterocycles. The zero-order valence-corrected chi connectivity index (χ0v) is 14.2. The lowest BCUT2D eigenvalue weighted by atomic mass is 10.1. The first-order valence-electron chi connectivity index (χ1n) is 8.23. The predicted molar refractivity (Wildman–Crippen MR) is 92.2 cm³/mol. The lowest BCUT2D eigenvalue weighted by Crippen LogP contribution is -2.47. The van der Waals surface area contributed by atoms with Crippen LogP contribution in [0.5, 0.6) is 0 Å². The summed E-state index contributed by atoms with van der Waals surface area (Å²) in [5.41, 5.74) is 2.97. The molecule has 1 aliphatic rings. The van der Waals surface area contributed by atoms with Crippen LogP contribution in [-0.4, -0.2) is 49.7 Å². The van der Waals surface area contributed by atoms with Crippen LogP contribution in [0.3, 0.4) is 0 Å². The molecule has 0 saturated carbocycles. The molecule has 1 saturated heterocycles. The number of nitrogens with zero attached hydrogens (tertiary/aromatic N) is 2. The second-order valence-electron chi connectivity index (χ2n) is 7.20. The zero-order valence-electron chi connectivity index (χ0n) is 14.2. The van der Waals surface area contributed by atoms with Crippen molar-refractivity contribution in [2.45, 2.75) is 39.7 Å². The number of hydrogen-bond donors (Lipinski definition) is 1. The fraction of sp³-hybridized carbons (Fsp3) is 0.667. The molecule has 0 aliphatic carbocycles. The Morgan fingerprint density at radius 2 is 1.81 bits per heavy atom. The SMILES string of the molecule is Cc1cccc(N2CCN(CCCNC(C)(C)C)CC2)c1. The highest BCUT2D eigenvalue weighted by Crippen LogP contribution is 2.17. The molecule has 1 aromatic carbocycles. The van der Waals surface area contributed by atoms with Gasteiger partial charge in [0.2, 0.25) is 0 Å². The molecular weight excluding hydrogens is 258 g/mol. The summed E-state index contributed by atoms with van der Waals surface area (Å²) < 4.78 is 0. The average molecular weight is 289 g/mol. The summed E-state index contributed by atoms with van der Waals surface area (Å²) in [5, 5.41) is 3.57. The van der Waals surface area contributed by atoms with Crippen LogP contribution in [0.4, 0.5) is 5.69 Å². The van der Waals surface area contributed by atoms with E-state index in [4.69, 9.17) is 0 Å². The maximum absolute atomic E-state index is 3.57. The Morgan fingerprint density at radius 3 is 2.43 bits per heavy atom. The van der Waals surface area contributed by atoms with Crippen LogP contribution in [0.2, 0.25) is 0 Å². The van der Waals surface area contributed by atoms with Gasteiger partial charge < -0.3 is 10.2 Å². The molecule has 0 bridgehead atoms. The molecule has 1 fully saturated rings. The maximum atomic E-state index is 3.57. The normalized spacial score (nSPS) is 17.2. The molecule has 0 spiro atoms. The summed E-state index contributed by atoms with van der Waals surface area (Å²) in [6, 6.07) is 8.86. The van der Waals surface area contributed by atoms with Gasteiger partial charge >= 0.3 is 0 Å². The van der Waals surface area contributed by atoms with Gasteiger partial charge in [0.05, 0.1) is 0 Å². The summed E-state index contributed by atoms with van der Waals surface area (Å²) in [6.07, 6.45) is 1.24. The number of anilines is 1. The first kappa shape index (κ1) is 16.3. The van der Waals surface area contributed by atoms with Crippen LogP contribution in [0.25, 0.3) is 0 Å². The summed E-state index contributed by atoms with van der Waals surface area (Å²) in [5.74, 6) is 0. The average Bonchev–Trinajstić information content (AvgIpc) is 2.43. The summed E-state index contributed by atoms with van der Waals surface area (Å²) in [6.45, 7) is 15.8. The fourth-order valence-corrected chi connectivity index (χ4v) is 2.82. The third-order valence-corrected chi connectivity index (χ3v) is 4.05. The van der Waals surface area contributed by atoms with Gasteiger partial charge in [-0.1, -0.05) is 12.1 Å². The van der Waals surface area contributed by atoms with Crippen molar-refractivity contribution in [1.29, 1.82) is 0 Å². The van der Waals surface area contributed by atoms with E-state index in [9.17, 15) is 0 Å². The van der Waals surface area contributed by atoms with E-state index >= 15 is 0 Å². The van der Waals surface area contributed by atoms with Crippen LogP contribution >= 0.6 is 0 Å². The topological polar surface area (TPSA) is 18.5 Å². The van der Waals surface area contributed by atoms with Crippen molar-refractivity contribution in [3.05, 3.63) is 29.8 Å². The van der Waals surface area contributed by atoms with Gasteiger partial charge in [0, 0.05) is 37.4 Å². The molecule has 1 aliphatic heterocycles. The predicted octanol–water partition coefficient (Wildman–Crippen LogP) is 2.90. The summed E-state index contributed by atoms with van der Waals surface area (Å²) in [7, 11) is 0. The second-order valence-corrected chi connectivity index (χ2v) is 7.20. The first-order valence-corrected chi connectivity index (χ1v) is 8.23. The van der Waals surface area contributed by atoms with Crippen molar-refractivity contribution < 1.29 is 0 Å². The number of aryl methyl sites for hydroxylation is 1. The Kier molecular flexibility index (Phi) is 5.65. The van der Waals surface area contributed by atoms with E-state index in [1.165, 1.54) is 37.3 Å². The first-order chi connectivity index (χ1) is 9.94. The molecule has 1 N–H and O–H groups in total. The smallest absolute Gasteiger partial charge is 0.0369 e. The molecule has 1 aromatic rings. The molecule has 0 radical (unpaired) electrons. The lowest BCUT2D eigenvalue weighted by molar-refractivity contribution is 0.250. The van der Waals surface area contributed by atoms with Crippen molar-refractivity contribution >= 4 is 5.69 Å². The highest BCUT2D eigenvalue weighted by atomic mass is 15.3. The Hall–Kier alpha value is -1.06. The largest absolute Gasteiger partial charge is 0.369 e. The summed E-state index contributed by atoms with van der Waals surface area (Å²) in [4.78, 5) is 5.10. The minimum Gasteiger partial charge on any atom is -0.369 e. The quantitative estimate of drug-likeness (QED) is 0.841. The van der Waals surface area contributed by atoms with E-state index in [0.29, 0.717) is 0 Å². The van der Waals surface area contributed by atoms with Gasteiger partial charge in [0.1, 0.15) is 0 Å². The Balaban J connectivity index is 1.69. The van der Waals surface area contributed by atoms with Crippen LogP contribution in [0.15, 0.2) is 24.3 Å². The van der Waals surface area contributed by atoms with Gasteiger partial charge in [0.15, 0.2) is 0 Å². The monoisotopic (exact) mass is 289 g/mol.